The Morgan fingerprint density at radius 2 is 2.05 bits per heavy atom. The maximum atomic E-state index is 12.5. The first-order chi connectivity index (χ1) is 9.29. The second-order valence-electron chi connectivity index (χ2n) is 4.71. The standard InChI is InChI=1S/C14H13BrF3NO/c1-9-2-3-12(15)11(8-9)13(20)19-6-4-10(5-7-19)14(16,17)18/h2-4,8H,5-7H2,1H3. The van der Waals surface area contributed by atoms with Crippen molar-refractivity contribution in [1.82, 2.24) is 4.90 Å². The van der Waals surface area contributed by atoms with Crippen molar-refractivity contribution in [2.45, 2.75) is 19.5 Å². The molecule has 0 aliphatic carbocycles. The van der Waals surface area contributed by atoms with Gasteiger partial charge in [0.25, 0.3) is 5.91 Å². The smallest absolute Gasteiger partial charge is 0.335 e. The Hall–Kier alpha value is -1.30. The van der Waals surface area contributed by atoms with Crippen LogP contribution in [0.5, 0.6) is 0 Å². The van der Waals surface area contributed by atoms with Crippen molar-refractivity contribution in [3.63, 3.8) is 0 Å². The van der Waals surface area contributed by atoms with Crippen molar-refractivity contribution in [1.29, 1.82) is 0 Å². The molecular weight excluding hydrogens is 335 g/mol. The Bertz CT molecular complexity index is 566. The van der Waals surface area contributed by atoms with Crippen LogP contribution in [0.2, 0.25) is 0 Å². The third-order valence-electron chi connectivity index (χ3n) is 3.21. The Balaban J connectivity index is 2.17. The molecule has 0 N–H and O–H groups in total. The minimum Gasteiger partial charge on any atom is -0.335 e. The first-order valence-electron chi connectivity index (χ1n) is 6.10. The highest BCUT2D eigenvalue weighted by Gasteiger charge is 2.35. The summed E-state index contributed by atoms with van der Waals surface area (Å²) >= 11 is 3.30. The minimum absolute atomic E-state index is 0.00589. The Labute approximate surface area is 123 Å². The molecule has 1 aromatic rings. The summed E-state index contributed by atoms with van der Waals surface area (Å²) in [4.78, 5) is 13.7. The topological polar surface area (TPSA) is 20.3 Å². The zero-order valence-corrected chi connectivity index (χ0v) is 12.4. The predicted molar refractivity (Wildman–Crippen MR) is 73.5 cm³/mol. The summed E-state index contributed by atoms with van der Waals surface area (Å²) < 4.78 is 38.2. The molecule has 0 unspecified atom stereocenters. The molecule has 0 spiro atoms. The van der Waals surface area contributed by atoms with Crippen LogP contribution >= 0.6 is 15.9 Å². The van der Waals surface area contributed by atoms with Gasteiger partial charge >= 0.3 is 6.18 Å². The van der Waals surface area contributed by atoms with Crippen LogP contribution < -0.4 is 0 Å². The molecule has 20 heavy (non-hydrogen) atoms. The predicted octanol–water partition coefficient (Wildman–Crippen LogP) is 4.09. The van der Waals surface area contributed by atoms with E-state index >= 15 is 0 Å². The van der Waals surface area contributed by atoms with Crippen LogP contribution in [0.15, 0.2) is 34.3 Å². The van der Waals surface area contributed by atoms with Gasteiger partial charge in [-0.05, 0) is 41.4 Å². The molecule has 1 amide bonds. The second kappa shape index (κ2) is 5.60. The fourth-order valence-corrected chi connectivity index (χ4v) is 2.50. The highest BCUT2D eigenvalue weighted by atomic mass is 79.9. The number of aryl methyl sites for hydroxylation is 1. The van der Waals surface area contributed by atoms with E-state index in [0.29, 0.717) is 10.0 Å². The maximum Gasteiger partial charge on any atom is 0.412 e. The number of alkyl halides is 3. The summed E-state index contributed by atoms with van der Waals surface area (Å²) in [6, 6.07) is 5.36. The fourth-order valence-electron chi connectivity index (χ4n) is 2.08. The number of rotatable bonds is 1. The third-order valence-corrected chi connectivity index (χ3v) is 3.90. The second-order valence-corrected chi connectivity index (χ2v) is 5.57. The molecule has 0 aromatic heterocycles. The Morgan fingerprint density at radius 1 is 1.35 bits per heavy atom. The van der Waals surface area contributed by atoms with E-state index in [9.17, 15) is 18.0 Å². The van der Waals surface area contributed by atoms with Crippen LogP contribution in [0.1, 0.15) is 22.3 Å². The van der Waals surface area contributed by atoms with Crippen LogP contribution in [0, 0.1) is 6.92 Å². The summed E-state index contributed by atoms with van der Waals surface area (Å²) in [5, 5.41) is 0. The lowest BCUT2D eigenvalue weighted by atomic mass is 10.1. The Morgan fingerprint density at radius 3 is 2.60 bits per heavy atom. The molecule has 1 heterocycles. The molecule has 1 aromatic carbocycles. The average Bonchev–Trinajstić information content (AvgIpc) is 2.40. The van der Waals surface area contributed by atoms with E-state index in [2.05, 4.69) is 15.9 Å². The van der Waals surface area contributed by atoms with Gasteiger partial charge in [-0.1, -0.05) is 17.7 Å². The van der Waals surface area contributed by atoms with Gasteiger partial charge in [0.1, 0.15) is 0 Å². The number of amides is 1. The van der Waals surface area contributed by atoms with Gasteiger partial charge < -0.3 is 4.90 Å². The molecule has 1 aliphatic heterocycles. The van der Waals surface area contributed by atoms with Crippen LogP contribution in [-0.2, 0) is 0 Å². The summed E-state index contributed by atoms with van der Waals surface area (Å²) in [7, 11) is 0. The van der Waals surface area contributed by atoms with Crippen molar-refractivity contribution in [3.8, 4) is 0 Å². The number of halogens is 4. The van der Waals surface area contributed by atoms with E-state index < -0.39 is 11.7 Å². The number of hydrogen-bond donors (Lipinski definition) is 0. The lowest BCUT2D eigenvalue weighted by molar-refractivity contribution is -0.0957. The molecule has 6 heteroatoms. The SMILES string of the molecule is Cc1ccc(Br)c(C(=O)N2CC=C(C(F)(F)F)CC2)c1. The molecule has 2 rings (SSSR count). The summed E-state index contributed by atoms with van der Waals surface area (Å²) in [6.07, 6.45) is -3.36. The lowest BCUT2D eigenvalue weighted by Crippen LogP contribution is -2.37. The lowest BCUT2D eigenvalue weighted by Gasteiger charge is -2.27. The van der Waals surface area contributed by atoms with Crippen LogP contribution in [0.3, 0.4) is 0 Å². The van der Waals surface area contributed by atoms with Crippen molar-refractivity contribution in [3.05, 3.63) is 45.4 Å². The van der Waals surface area contributed by atoms with Gasteiger partial charge in [-0.2, -0.15) is 13.2 Å². The van der Waals surface area contributed by atoms with Gasteiger partial charge in [-0.3, -0.25) is 4.79 Å². The monoisotopic (exact) mass is 347 g/mol. The van der Waals surface area contributed by atoms with E-state index in [4.69, 9.17) is 0 Å². The first kappa shape index (κ1) is 15.1. The maximum absolute atomic E-state index is 12.5. The zero-order valence-electron chi connectivity index (χ0n) is 10.8. The third kappa shape index (κ3) is 3.23. The fraction of sp³-hybridized carbons (Fsp3) is 0.357. The molecule has 0 fully saturated rings. The minimum atomic E-state index is -4.29. The number of nitrogens with zero attached hydrogens (tertiary/aromatic N) is 1. The van der Waals surface area contributed by atoms with Crippen molar-refractivity contribution in [2.75, 3.05) is 13.1 Å². The molecule has 0 radical (unpaired) electrons. The van der Waals surface area contributed by atoms with Crippen molar-refractivity contribution < 1.29 is 18.0 Å². The van der Waals surface area contributed by atoms with E-state index in [-0.39, 0.29) is 25.4 Å². The highest BCUT2D eigenvalue weighted by Crippen LogP contribution is 2.31. The largest absolute Gasteiger partial charge is 0.412 e. The highest BCUT2D eigenvalue weighted by molar-refractivity contribution is 9.10. The van der Waals surface area contributed by atoms with Crippen molar-refractivity contribution in [2.24, 2.45) is 0 Å². The van der Waals surface area contributed by atoms with Gasteiger partial charge in [0.05, 0.1) is 5.56 Å². The quantitative estimate of drug-likeness (QED) is 0.700. The molecule has 2 nitrogen and oxygen atoms in total. The van der Waals surface area contributed by atoms with E-state index in [1.807, 2.05) is 13.0 Å². The number of hydrogen-bond acceptors (Lipinski definition) is 1. The molecular formula is C14H13BrF3NO. The van der Waals surface area contributed by atoms with Gasteiger partial charge in [-0.25, -0.2) is 0 Å². The molecule has 0 bridgehead atoms. The number of carbonyl (C=O) groups excluding carboxylic acids is 1. The summed E-state index contributed by atoms with van der Waals surface area (Å²) in [5.41, 5.74) is 0.860. The zero-order chi connectivity index (χ0) is 14.9. The van der Waals surface area contributed by atoms with Gasteiger partial charge in [0.2, 0.25) is 0 Å². The van der Waals surface area contributed by atoms with Crippen LogP contribution in [-0.4, -0.2) is 30.1 Å². The molecule has 0 atom stereocenters. The number of carbonyl (C=O) groups is 1. The molecule has 0 saturated heterocycles. The van der Waals surface area contributed by atoms with E-state index in [1.165, 1.54) is 4.90 Å². The molecule has 0 saturated carbocycles. The molecule has 108 valence electrons. The van der Waals surface area contributed by atoms with E-state index in [1.54, 1.807) is 12.1 Å². The van der Waals surface area contributed by atoms with Crippen LogP contribution in [0.4, 0.5) is 13.2 Å². The van der Waals surface area contributed by atoms with Gasteiger partial charge in [-0.15, -0.1) is 0 Å². The van der Waals surface area contributed by atoms with Crippen molar-refractivity contribution >= 4 is 21.8 Å². The normalized spacial score (nSPS) is 16.1. The summed E-state index contributed by atoms with van der Waals surface area (Å²) in [5.74, 6) is -0.252. The van der Waals surface area contributed by atoms with E-state index in [0.717, 1.165) is 11.6 Å². The number of benzene rings is 1. The first-order valence-corrected chi connectivity index (χ1v) is 6.90. The summed E-state index contributed by atoms with van der Waals surface area (Å²) in [6.45, 7) is 1.94. The van der Waals surface area contributed by atoms with Gasteiger partial charge in [0.15, 0.2) is 0 Å². The van der Waals surface area contributed by atoms with Gasteiger partial charge in [0, 0.05) is 23.1 Å². The molecule has 1 aliphatic rings. The Kier molecular flexibility index (Phi) is 4.22. The average molecular weight is 348 g/mol. The van der Waals surface area contributed by atoms with Crippen LogP contribution in [0.25, 0.3) is 0 Å².